The first-order valence-corrected chi connectivity index (χ1v) is 25.0. The second-order valence-corrected chi connectivity index (χ2v) is 17.3. The van der Waals surface area contributed by atoms with Crippen LogP contribution in [0.1, 0.15) is 168 Å². The molecule has 9 heteroatoms. The predicted octanol–water partition coefficient (Wildman–Crippen LogP) is 12.7. The van der Waals surface area contributed by atoms with Gasteiger partial charge in [-0.15, -0.1) is 0 Å². The van der Waals surface area contributed by atoms with Crippen molar-refractivity contribution >= 4 is 17.9 Å². The molecule has 0 aliphatic carbocycles. The second kappa shape index (κ2) is 46.5. The number of likely N-dealkylation sites (N-methyl/N-ethyl adjacent to an activating group) is 1. The zero-order chi connectivity index (χ0) is 47.7. The second-order valence-electron chi connectivity index (χ2n) is 17.3. The van der Waals surface area contributed by atoms with E-state index >= 15 is 0 Å². The number of quaternary nitrogens is 1. The molecule has 0 heterocycles. The predicted molar refractivity (Wildman–Crippen MR) is 269 cm³/mol. The molecule has 9 nitrogen and oxygen atoms in total. The summed E-state index contributed by atoms with van der Waals surface area (Å²) in [6.07, 6.45) is 60.1. The Hall–Kier alpha value is -4.05. The van der Waals surface area contributed by atoms with Crippen molar-refractivity contribution in [3.63, 3.8) is 0 Å². The van der Waals surface area contributed by atoms with Crippen LogP contribution in [0.15, 0.2) is 109 Å². The molecule has 0 bridgehead atoms. The van der Waals surface area contributed by atoms with Gasteiger partial charge in [0.15, 0.2) is 12.4 Å². The summed E-state index contributed by atoms with van der Waals surface area (Å²) >= 11 is 0. The number of hydrogen-bond acceptors (Lipinski definition) is 8. The Labute approximate surface area is 396 Å². The lowest BCUT2D eigenvalue weighted by atomic mass is 10.0. The van der Waals surface area contributed by atoms with E-state index in [1.807, 2.05) is 33.3 Å². The molecule has 368 valence electrons. The van der Waals surface area contributed by atoms with Gasteiger partial charge in [0.2, 0.25) is 0 Å². The third-order valence-corrected chi connectivity index (χ3v) is 10.0. The Balaban J connectivity index is 4.35. The average molecular weight is 906 g/mol. The topological polar surface area (TPSA) is 111 Å². The van der Waals surface area contributed by atoms with Crippen LogP contribution in [-0.2, 0) is 33.3 Å². The van der Waals surface area contributed by atoms with E-state index in [2.05, 4.69) is 111 Å². The van der Waals surface area contributed by atoms with Crippen LogP contribution in [0.3, 0.4) is 0 Å². The van der Waals surface area contributed by atoms with Crippen molar-refractivity contribution in [1.29, 1.82) is 0 Å². The van der Waals surface area contributed by atoms with Gasteiger partial charge in [-0.1, -0.05) is 181 Å². The summed E-state index contributed by atoms with van der Waals surface area (Å²) in [7, 11) is 5.88. The molecular formula is C56H91NO8. The minimum Gasteiger partial charge on any atom is -0.545 e. The van der Waals surface area contributed by atoms with Crippen LogP contribution in [0.25, 0.3) is 0 Å². The van der Waals surface area contributed by atoms with Gasteiger partial charge in [-0.3, -0.25) is 9.59 Å². The number of allylic oxidation sites excluding steroid dienone is 18. The largest absolute Gasteiger partial charge is 0.545 e. The third-order valence-electron chi connectivity index (χ3n) is 10.0. The van der Waals surface area contributed by atoms with Crippen molar-refractivity contribution in [2.24, 2.45) is 0 Å². The fraction of sp³-hybridized carbons (Fsp3) is 0.625. The first-order chi connectivity index (χ1) is 31.6. The van der Waals surface area contributed by atoms with Crippen LogP contribution < -0.4 is 5.11 Å². The van der Waals surface area contributed by atoms with Gasteiger partial charge in [-0.05, 0) is 83.5 Å². The number of aliphatic carboxylic acids is 1. The summed E-state index contributed by atoms with van der Waals surface area (Å²) in [5.41, 5.74) is 0. The van der Waals surface area contributed by atoms with Gasteiger partial charge in [0, 0.05) is 12.8 Å². The number of hydrogen-bond donors (Lipinski definition) is 0. The molecule has 0 fully saturated rings. The average Bonchev–Trinajstić information content (AvgIpc) is 3.27. The van der Waals surface area contributed by atoms with Gasteiger partial charge < -0.3 is 33.3 Å². The maximum Gasteiger partial charge on any atom is 0.306 e. The third kappa shape index (κ3) is 47.7. The Morgan fingerprint density at radius 3 is 1.29 bits per heavy atom. The number of unbranched alkanes of at least 4 members (excludes halogenated alkanes) is 11. The van der Waals surface area contributed by atoms with Gasteiger partial charge in [-0.25, -0.2) is 0 Å². The Bertz CT molecular complexity index is 1430. The van der Waals surface area contributed by atoms with E-state index in [0.29, 0.717) is 23.9 Å². The van der Waals surface area contributed by atoms with E-state index in [1.165, 1.54) is 44.9 Å². The summed E-state index contributed by atoms with van der Waals surface area (Å²) in [5, 5.41) is 11.7. The molecule has 0 rings (SSSR count). The first kappa shape index (κ1) is 60.9. The van der Waals surface area contributed by atoms with Crippen molar-refractivity contribution in [2.75, 3.05) is 47.5 Å². The van der Waals surface area contributed by atoms with E-state index in [-0.39, 0.29) is 32.7 Å². The molecule has 2 atom stereocenters. The van der Waals surface area contributed by atoms with Gasteiger partial charge in [0.05, 0.1) is 40.3 Å². The number of carbonyl (C=O) groups is 3. The summed E-state index contributed by atoms with van der Waals surface area (Å²) in [6, 6.07) is 0. The molecule has 0 aliphatic rings. The molecule has 0 radical (unpaired) electrons. The van der Waals surface area contributed by atoms with E-state index in [9.17, 15) is 19.5 Å². The molecule has 0 N–H and O–H groups in total. The van der Waals surface area contributed by atoms with E-state index < -0.39 is 30.3 Å². The highest BCUT2D eigenvalue weighted by Crippen LogP contribution is 2.14. The number of rotatable bonds is 44. The minimum atomic E-state index is -1.64. The molecule has 0 saturated carbocycles. The fourth-order valence-electron chi connectivity index (χ4n) is 6.22. The first-order valence-electron chi connectivity index (χ1n) is 25.0. The molecule has 0 aromatic carbocycles. The number of carboxylic acids is 1. The number of esters is 2. The summed E-state index contributed by atoms with van der Waals surface area (Å²) < 4.78 is 22.5. The Kier molecular flexibility index (Phi) is 43.6. The zero-order valence-corrected chi connectivity index (χ0v) is 41.6. The normalized spacial score (nSPS) is 13.8. The lowest BCUT2D eigenvalue weighted by Crippen LogP contribution is -2.44. The highest BCUT2D eigenvalue weighted by molar-refractivity contribution is 5.70. The van der Waals surface area contributed by atoms with Crippen LogP contribution in [-0.4, -0.2) is 82.3 Å². The minimum absolute atomic E-state index is 0.131. The van der Waals surface area contributed by atoms with E-state index in [0.717, 1.165) is 83.5 Å². The Morgan fingerprint density at radius 2 is 0.862 bits per heavy atom. The smallest absolute Gasteiger partial charge is 0.306 e. The summed E-state index contributed by atoms with van der Waals surface area (Å²) in [6.45, 7) is 4.40. The Morgan fingerprint density at radius 1 is 0.462 bits per heavy atom. The van der Waals surface area contributed by atoms with Crippen molar-refractivity contribution in [1.82, 2.24) is 0 Å². The molecule has 0 aromatic rings. The zero-order valence-electron chi connectivity index (χ0n) is 41.6. The van der Waals surface area contributed by atoms with Gasteiger partial charge in [-0.2, -0.15) is 0 Å². The number of ether oxygens (including phenoxy) is 4. The van der Waals surface area contributed by atoms with Crippen LogP contribution >= 0.6 is 0 Å². The summed E-state index contributed by atoms with van der Waals surface area (Å²) in [4.78, 5) is 37.0. The van der Waals surface area contributed by atoms with E-state index in [4.69, 9.17) is 18.9 Å². The van der Waals surface area contributed by atoms with Crippen molar-refractivity contribution in [3.8, 4) is 0 Å². The van der Waals surface area contributed by atoms with Crippen LogP contribution in [0.2, 0.25) is 0 Å². The summed E-state index contributed by atoms with van der Waals surface area (Å²) in [5.74, 6) is -2.41. The molecule has 0 aliphatic heterocycles. The highest BCUT2D eigenvalue weighted by atomic mass is 16.7. The van der Waals surface area contributed by atoms with Gasteiger partial charge >= 0.3 is 11.9 Å². The number of carbonyl (C=O) groups excluding carboxylic acids is 3. The lowest BCUT2D eigenvalue weighted by molar-refractivity contribution is -0.870. The molecule has 0 aromatic heterocycles. The fourth-order valence-corrected chi connectivity index (χ4v) is 6.22. The SMILES string of the molecule is CC/C=C\C/C=C\C/C=C\C/C=C\C/C=C\CCCCCCCCCCCCCC(=O)OC(COC(=O)CC/C=C\C/C=C\C/C=C\C/C=C\CC)COC(OCC[N+](C)(C)C)C(=O)[O-]. The van der Waals surface area contributed by atoms with Gasteiger partial charge in [0.25, 0.3) is 0 Å². The highest BCUT2D eigenvalue weighted by Gasteiger charge is 2.21. The molecule has 0 amide bonds. The van der Waals surface area contributed by atoms with Crippen LogP contribution in [0, 0.1) is 0 Å². The van der Waals surface area contributed by atoms with Gasteiger partial charge in [0.1, 0.15) is 13.2 Å². The standard InChI is InChI=1S/C56H91NO8/c1-6-8-10-12-14-16-18-20-21-22-23-24-25-26-27-28-29-30-31-32-33-35-37-39-41-43-45-47-54(59)65-52(51-64-56(55(60)61)62-49-48-57(3,4)5)50-63-53(58)46-44-42-40-38-36-34-19-17-15-13-11-9-7-2/h8-11,14-17,20-21,23-24,26-27,34,36,40,42,52,56H,6-7,12-13,18-19,22,25,28-33,35,37-39,41,43-51H2,1-5H3/b10-8-,11-9-,16-14-,17-15-,21-20-,24-23-,27-26-,36-34-,42-40-. The van der Waals surface area contributed by atoms with Crippen molar-refractivity contribution < 1.29 is 42.9 Å². The molecule has 0 saturated heterocycles. The van der Waals surface area contributed by atoms with E-state index in [1.54, 1.807) is 0 Å². The van der Waals surface area contributed by atoms with Crippen molar-refractivity contribution in [2.45, 2.75) is 180 Å². The maximum absolute atomic E-state index is 12.8. The lowest BCUT2D eigenvalue weighted by Gasteiger charge is -2.26. The molecular weight excluding hydrogens is 815 g/mol. The van der Waals surface area contributed by atoms with Crippen LogP contribution in [0.4, 0.5) is 0 Å². The number of nitrogens with zero attached hydrogens (tertiary/aromatic N) is 1. The maximum atomic E-state index is 12.8. The molecule has 2 unspecified atom stereocenters. The van der Waals surface area contributed by atoms with Crippen molar-refractivity contribution in [3.05, 3.63) is 109 Å². The quantitative estimate of drug-likeness (QED) is 0.0195. The monoisotopic (exact) mass is 906 g/mol. The molecule has 0 spiro atoms. The molecule has 65 heavy (non-hydrogen) atoms. The number of carboxylic acid groups (broad SMARTS) is 1. The van der Waals surface area contributed by atoms with Crippen LogP contribution in [0.5, 0.6) is 0 Å².